The van der Waals surface area contributed by atoms with E-state index in [9.17, 15) is 4.39 Å². The number of rotatable bonds is 8. The Bertz CT molecular complexity index is 940. The molecule has 1 aliphatic rings. The summed E-state index contributed by atoms with van der Waals surface area (Å²) in [5.74, 6) is 1.09. The predicted molar refractivity (Wildman–Crippen MR) is 136 cm³/mol. The van der Waals surface area contributed by atoms with Crippen molar-refractivity contribution < 1.29 is 9.13 Å². The monoisotopic (exact) mass is 551 g/mol. The Morgan fingerprint density at radius 2 is 1.97 bits per heavy atom. The molecule has 2 aromatic carbocycles. The standard InChI is InChI=1S/C24H30FN5O.HI/c1-3-27-24(28-16-19-11-10-18(15-26)14-21(19)25)29-17-22(30-12-6-7-13-30)20-8-4-5-9-23(20)31-2;/h4-5,8-11,14,22H,3,6-7,12-13,16-17H2,1-2H3,(H2,27,28,29);1H. The SMILES string of the molecule is CCNC(=NCc1ccc(C#N)cc1F)NCC(c1ccccc1OC)N1CCCC1.I. The van der Waals surface area contributed by atoms with Crippen LogP contribution in [0.25, 0.3) is 0 Å². The van der Waals surface area contributed by atoms with Crippen molar-refractivity contribution in [2.75, 3.05) is 33.3 Å². The van der Waals surface area contributed by atoms with Crippen LogP contribution in [0.15, 0.2) is 47.5 Å². The van der Waals surface area contributed by atoms with Crippen molar-refractivity contribution in [1.29, 1.82) is 5.26 Å². The average molecular weight is 551 g/mol. The third-order valence-corrected chi connectivity index (χ3v) is 5.48. The third-order valence-electron chi connectivity index (χ3n) is 5.48. The molecule has 0 aromatic heterocycles. The van der Waals surface area contributed by atoms with Crippen LogP contribution in [0, 0.1) is 17.1 Å². The lowest BCUT2D eigenvalue weighted by molar-refractivity contribution is 0.239. The number of hydrogen-bond donors (Lipinski definition) is 2. The first-order valence-electron chi connectivity index (χ1n) is 10.7. The van der Waals surface area contributed by atoms with Crippen LogP contribution < -0.4 is 15.4 Å². The van der Waals surface area contributed by atoms with Crippen LogP contribution in [0.2, 0.25) is 0 Å². The van der Waals surface area contributed by atoms with Crippen molar-refractivity contribution in [2.45, 2.75) is 32.4 Å². The van der Waals surface area contributed by atoms with E-state index >= 15 is 0 Å². The van der Waals surface area contributed by atoms with Gasteiger partial charge in [-0.2, -0.15) is 5.26 Å². The van der Waals surface area contributed by atoms with E-state index in [-0.39, 0.29) is 36.6 Å². The molecule has 1 unspecified atom stereocenters. The molecule has 172 valence electrons. The van der Waals surface area contributed by atoms with Gasteiger partial charge in [0.05, 0.1) is 31.3 Å². The Balaban J connectivity index is 0.00000363. The lowest BCUT2D eigenvalue weighted by Gasteiger charge is -2.30. The first kappa shape index (κ1) is 25.9. The number of guanidine groups is 1. The van der Waals surface area contributed by atoms with E-state index in [0.29, 0.717) is 30.2 Å². The summed E-state index contributed by atoms with van der Waals surface area (Å²) < 4.78 is 19.8. The number of para-hydroxylation sites is 1. The van der Waals surface area contributed by atoms with E-state index in [1.807, 2.05) is 31.2 Å². The number of nitriles is 1. The number of hydrogen-bond acceptors (Lipinski definition) is 4. The van der Waals surface area contributed by atoms with Gasteiger partial charge in [-0.1, -0.05) is 24.3 Å². The molecule has 6 nitrogen and oxygen atoms in total. The predicted octanol–water partition coefficient (Wildman–Crippen LogP) is 4.22. The summed E-state index contributed by atoms with van der Waals surface area (Å²) in [4.78, 5) is 7.02. The first-order valence-corrected chi connectivity index (χ1v) is 10.7. The quantitative estimate of drug-likeness (QED) is 0.292. The molecule has 2 N–H and O–H groups in total. The number of halogens is 2. The topological polar surface area (TPSA) is 72.7 Å². The molecule has 1 heterocycles. The second kappa shape index (κ2) is 13.2. The van der Waals surface area contributed by atoms with Crippen LogP contribution in [0.4, 0.5) is 4.39 Å². The van der Waals surface area contributed by atoms with Crippen LogP contribution in [0.5, 0.6) is 5.75 Å². The molecular weight excluding hydrogens is 520 g/mol. The molecule has 1 aliphatic heterocycles. The smallest absolute Gasteiger partial charge is 0.191 e. The van der Waals surface area contributed by atoms with E-state index in [1.54, 1.807) is 19.2 Å². The minimum atomic E-state index is -0.414. The van der Waals surface area contributed by atoms with Gasteiger partial charge in [-0.3, -0.25) is 4.90 Å². The summed E-state index contributed by atoms with van der Waals surface area (Å²) in [7, 11) is 1.70. The maximum absolute atomic E-state index is 14.2. The number of benzene rings is 2. The molecule has 8 heteroatoms. The van der Waals surface area contributed by atoms with Gasteiger partial charge in [0.25, 0.3) is 0 Å². The van der Waals surface area contributed by atoms with Crippen LogP contribution in [0.1, 0.15) is 42.5 Å². The fraction of sp³-hybridized carbons (Fsp3) is 0.417. The van der Waals surface area contributed by atoms with Crippen LogP contribution in [-0.4, -0.2) is 44.1 Å². The highest BCUT2D eigenvalue weighted by molar-refractivity contribution is 14.0. The molecule has 0 radical (unpaired) electrons. The average Bonchev–Trinajstić information content (AvgIpc) is 3.33. The lowest BCUT2D eigenvalue weighted by atomic mass is 10.0. The number of likely N-dealkylation sites (tertiary alicyclic amines) is 1. The zero-order valence-electron chi connectivity index (χ0n) is 18.6. The van der Waals surface area contributed by atoms with Crippen molar-refractivity contribution in [3.05, 3.63) is 65.0 Å². The van der Waals surface area contributed by atoms with Gasteiger partial charge in [0.2, 0.25) is 0 Å². The van der Waals surface area contributed by atoms with Gasteiger partial charge in [-0.05, 0) is 51.1 Å². The zero-order valence-corrected chi connectivity index (χ0v) is 20.9. The van der Waals surface area contributed by atoms with Crippen molar-refractivity contribution in [1.82, 2.24) is 15.5 Å². The van der Waals surface area contributed by atoms with Gasteiger partial charge >= 0.3 is 0 Å². The second-order valence-corrected chi connectivity index (χ2v) is 7.49. The van der Waals surface area contributed by atoms with Gasteiger partial charge < -0.3 is 15.4 Å². The molecule has 2 aromatic rings. The molecule has 32 heavy (non-hydrogen) atoms. The van der Waals surface area contributed by atoms with E-state index in [0.717, 1.165) is 24.4 Å². The third kappa shape index (κ3) is 6.81. The van der Waals surface area contributed by atoms with Gasteiger partial charge in [-0.15, -0.1) is 24.0 Å². The number of ether oxygens (including phenoxy) is 1. The Morgan fingerprint density at radius 1 is 1.22 bits per heavy atom. The van der Waals surface area contributed by atoms with Crippen LogP contribution >= 0.6 is 24.0 Å². The number of nitrogens with one attached hydrogen (secondary N) is 2. The fourth-order valence-electron chi connectivity index (χ4n) is 3.88. The highest BCUT2D eigenvalue weighted by Crippen LogP contribution is 2.31. The molecule has 0 spiro atoms. The van der Waals surface area contributed by atoms with E-state index in [4.69, 9.17) is 10.00 Å². The molecular formula is C24H31FIN5O. The molecule has 1 saturated heterocycles. The van der Waals surface area contributed by atoms with Gasteiger partial charge in [0, 0.05) is 24.2 Å². The lowest BCUT2D eigenvalue weighted by Crippen LogP contribution is -2.42. The maximum Gasteiger partial charge on any atom is 0.191 e. The molecule has 0 saturated carbocycles. The summed E-state index contributed by atoms with van der Waals surface area (Å²) >= 11 is 0. The summed E-state index contributed by atoms with van der Waals surface area (Å²) in [6.45, 7) is 5.64. The molecule has 0 bridgehead atoms. The number of nitrogens with zero attached hydrogens (tertiary/aromatic N) is 3. The second-order valence-electron chi connectivity index (χ2n) is 7.49. The zero-order chi connectivity index (χ0) is 22.1. The summed E-state index contributed by atoms with van der Waals surface area (Å²) in [6, 6.07) is 14.7. The van der Waals surface area contributed by atoms with Crippen LogP contribution in [-0.2, 0) is 6.54 Å². The Labute approximate surface area is 206 Å². The van der Waals surface area contributed by atoms with E-state index < -0.39 is 5.82 Å². The minimum absolute atomic E-state index is 0. The van der Waals surface area contributed by atoms with Gasteiger partial charge in [-0.25, -0.2) is 9.38 Å². The number of aliphatic imine (C=N–C) groups is 1. The van der Waals surface area contributed by atoms with Crippen molar-refractivity contribution >= 4 is 29.9 Å². The molecule has 0 aliphatic carbocycles. The number of methoxy groups -OCH3 is 1. The highest BCUT2D eigenvalue weighted by Gasteiger charge is 2.26. The first-order chi connectivity index (χ1) is 15.2. The highest BCUT2D eigenvalue weighted by atomic mass is 127. The Morgan fingerprint density at radius 3 is 2.62 bits per heavy atom. The fourth-order valence-corrected chi connectivity index (χ4v) is 3.88. The Hall–Kier alpha value is -2.38. The molecule has 0 amide bonds. The summed E-state index contributed by atoms with van der Waals surface area (Å²) in [5.41, 5.74) is 1.91. The summed E-state index contributed by atoms with van der Waals surface area (Å²) in [5, 5.41) is 15.6. The summed E-state index contributed by atoms with van der Waals surface area (Å²) in [6.07, 6.45) is 2.38. The van der Waals surface area contributed by atoms with Gasteiger partial charge in [0.1, 0.15) is 11.6 Å². The van der Waals surface area contributed by atoms with Crippen molar-refractivity contribution in [2.24, 2.45) is 4.99 Å². The largest absolute Gasteiger partial charge is 0.496 e. The van der Waals surface area contributed by atoms with E-state index in [2.05, 4.69) is 26.6 Å². The maximum atomic E-state index is 14.2. The molecule has 1 atom stereocenters. The van der Waals surface area contributed by atoms with Crippen LogP contribution in [0.3, 0.4) is 0 Å². The Kier molecular flexibility index (Phi) is 10.7. The van der Waals surface area contributed by atoms with Crippen molar-refractivity contribution in [3.63, 3.8) is 0 Å². The van der Waals surface area contributed by atoms with E-state index in [1.165, 1.54) is 18.9 Å². The molecule has 3 rings (SSSR count). The molecule has 1 fully saturated rings. The van der Waals surface area contributed by atoms with Gasteiger partial charge in [0.15, 0.2) is 5.96 Å². The van der Waals surface area contributed by atoms with Crippen molar-refractivity contribution in [3.8, 4) is 11.8 Å². The minimum Gasteiger partial charge on any atom is -0.496 e. The normalized spacial score (nSPS) is 14.9.